The second-order valence-corrected chi connectivity index (χ2v) is 14.7. The predicted octanol–water partition coefficient (Wildman–Crippen LogP) is 13.3. The number of para-hydroxylation sites is 1. The topological polar surface area (TPSA) is 35.0 Å². The molecule has 3 nitrogen and oxygen atoms in total. The van der Waals surface area contributed by atoms with Gasteiger partial charge in [-0.2, -0.15) is 0 Å². The Bertz CT molecular complexity index is 2860. The van der Waals surface area contributed by atoms with Crippen LogP contribution in [0.3, 0.4) is 0 Å². The lowest BCUT2D eigenvalue weighted by Crippen LogP contribution is -2.32. The molecule has 7 aromatic carbocycles. The number of benzene rings is 7. The Hall–Kier alpha value is -7.10. The number of aromatic nitrogens is 2. The molecule has 0 unspecified atom stereocenters. The molecule has 0 amide bonds. The third-order valence-electron chi connectivity index (χ3n) is 11.6. The van der Waals surface area contributed by atoms with Crippen LogP contribution in [-0.2, 0) is 5.41 Å². The Kier molecular flexibility index (Phi) is 7.53. The summed E-state index contributed by atoms with van der Waals surface area (Å²) in [5.41, 5.74) is 16.2. The molecule has 0 N–H and O–H groups in total. The molecule has 0 atom stereocenters. The van der Waals surface area contributed by atoms with Gasteiger partial charge in [-0.05, 0) is 87.2 Å². The first-order valence-electron chi connectivity index (χ1n) is 19.4. The van der Waals surface area contributed by atoms with Crippen LogP contribution in [0.5, 0.6) is 11.5 Å². The van der Waals surface area contributed by atoms with E-state index in [1.165, 1.54) is 22.3 Å². The molecule has 8 aromatic rings. The summed E-state index contributed by atoms with van der Waals surface area (Å²) in [5, 5.41) is 0. The van der Waals surface area contributed by atoms with Crippen molar-refractivity contribution in [2.45, 2.75) is 18.3 Å². The lowest BCUT2D eigenvalue weighted by molar-refractivity contribution is 0.436. The van der Waals surface area contributed by atoms with E-state index in [0.717, 1.165) is 85.8 Å². The van der Waals surface area contributed by atoms with Crippen LogP contribution in [0.2, 0.25) is 0 Å². The van der Waals surface area contributed by atoms with E-state index in [-0.39, 0.29) is 0 Å². The van der Waals surface area contributed by atoms with Crippen molar-refractivity contribution in [2.75, 3.05) is 0 Å². The summed E-state index contributed by atoms with van der Waals surface area (Å²) >= 11 is 0. The van der Waals surface area contributed by atoms with Crippen LogP contribution in [0.4, 0.5) is 0 Å². The van der Waals surface area contributed by atoms with Crippen LogP contribution in [0.1, 0.15) is 40.8 Å². The molecule has 3 aliphatic rings. The van der Waals surface area contributed by atoms with Gasteiger partial charge >= 0.3 is 0 Å². The first kappa shape index (κ1) is 32.3. The van der Waals surface area contributed by atoms with Crippen molar-refractivity contribution in [3.8, 4) is 67.5 Å². The Balaban J connectivity index is 1.13. The van der Waals surface area contributed by atoms with Gasteiger partial charge in [0.1, 0.15) is 11.5 Å². The number of hydrogen-bond acceptors (Lipinski definition) is 3. The molecule has 0 radical (unpaired) electrons. The first-order chi connectivity index (χ1) is 27.8. The predicted molar refractivity (Wildman–Crippen MR) is 228 cm³/mol. The normalized spacial score (nSPS) is 14.2. The summed E-state index contributed by atoms with van der Waals surface area (Å²) in [6.45, 7) is 0. The van der Waals surface area contributed by atoms with E-state index in [9.17, 15) is 0 Å². The zero-order chi connectivity index (χ0) is 37.1. The van der Waals surface area contributed by atoms with Gasteiger partial charge in [0.2, 0.25) is 0 Å². The van der Waals surface area contributed by atoms with Crippen molar-refractivity contribution in [3.05, 3.63) is 222 Å². The number of hydrogen-bond donors (Lipinski definition) is 0. The summed E-state index contributed by atoms with van der Waals surface area (Å²) < 4.78 is 6.76. The molecule has 56 heavy (non-hydrogen) atoms. The molecular weight excluding hydrogens is 681 g/mol. The van der Waals surface area contributed by atoms with Crippen LogP contribution < -0.4 is 4.74 Å². The Morgan fingerprint density at radius 3 is 1.70 bits per heavy atom. The SMILES string of the molecule is C1=CC(c2cc(-c3ccccc3-c3ccccc3)nc(-c3ccccc3-c3ccc4c(c3)C3(c5ccccc5O4)c4ccccc4-c4ccccc43)n2)=CCC1. The first-order valence-corrected chi connectivity index (χ1v) is 19.4. The standard InChI is InChI=1S/C53H36N2O/c1-3-17-35(18-4-1)38-21-7-9-25-42(38)49-34-48(36-19-5-2-6-20-36)54-52(55-49)43-26-10-8-22-39(43)37-31-32-51-47(33-37)53(46-29-15-16-30-50(46)56-51)44-27-13-11-23-40(44)41-24-12-14-28-45(41)53/h1,3-5,7-34H,2,6H2. The lowest BCUT2D eigenvalue weighted by Gasteiger charge is -2.39. The minimum atomic E-state index is -0.549. The molecule has 0 fully saturated rings. The molecule has 3 heteroatoms. The molecule has 1 spiro atoms. The molecule has 1 aromatic heterocycles. The van der Waals surface area contributed by atoms with E-state index in [0.29, 0.717) is 5.82 Å². The van der Waals surface area contributed by atoms with E-state index in [1.54, 1.807) is 0 Å². The number of nitrogens with zero attached hydrogens (tertiary/aromatic N) is 2. The van der Waals surface area contributed by atoms with Gasteiger partial charge in [0.05, 0.1) is 16.8 Å². The molecule has 0 saturated carbocycles. The molecule has 0 bridgehead atoms. The van der Waals surface area contributed by atoms with Crippen molar-refractivity contribution < 1.29 is 4.74 Å². The molecule has 11 rings (SSSR count). The van der Waals surface area contributed by atoms with Crippen molar-refractivity contribution in [2.24, 2.45) is 0 Å². The molecule has 2 aliphatic carbocycles. The fourth-order valence-corrected chi connectivity index (χ4v) is 9.19. The zero-order valence-electron chi connectivity index (χ0n) is 30.7. The van der Waals surface area contributed by atoms with Crippen molar-refractivity contribution in [1.29, 1.82) is 0 Å². The van der Waals surface area contributed by atoms with Gasteiger partial charge in [0.15, 0.2) is 5.82 Å². The maximum Gasteiger partial charge on any atom is 0.161 e. The highest BCUT2D eigenvalue weighted by molar-refractivity contribution is 5.91. The summed E-state index contributed by atoms with van der Waals surface area (Å²) in [4.78, 5) is 10.7. The van der Waals surface area contributed by atoms with Crippen molar-refractivity contribution in [3.63, 3.8) is 0 Å². The average Bonchev–Trinajstić information content (AvgIpc) is 3.57. The van der Waals surface area contributed by atoms with E-state index in [4.69, 9.17) is 14.7 Å². The van der Waals surface area contributed by atoms with E-state index in [2.05, 4.69) is 194 Å². The average molecular weight is 717 g/mol. The molecule has 1 aliphatic heterocycles. The summed E-state index contributed by atoms with van der Waals surface area (Å²) in [7, 11) is 0. The number of rotatable bonds is 5. The third kappa shape index (κ3) is 4.98. The van der Waals surface area contributed by atoms with E-state index in [1.807, 2.05) is 0 Å². The largest absolute Gasteiger partial charge is 0.457 e. The molecule has 2 heterocycles. The number of allylic oxidation sites excluding steroid dienone is 4. The highest BCUT2D eigenvalue weighted by Gasteiger charge is 2.51. The maximum atomic E-state index is 6.76. The highest BCUT2D eigenvalue weighted by Crippen LogP contribution is 2.62. The van der Waals surface area contributed by atoms with Crippen LogP contribution >= 0.6 is 0 Å². The monoisotopic (exact) mass is 716 g/mol. The van der Waals surface area contributed by atoms with Gasteiger partial charge in [-0.3, -0.25) is 0 Å². The second kappa shape index (κ2) is 13.0. The van der Waals surface area contributed by atoms with Crippen molar-refractivity contribution >= 4 is 5.57 Å². The third-order valence-corrected chi connectivity index (χ3v) is 11.6. The fraction of sp³-hybridized carbons (Fsp3) is 0.0566. The number of fused-ring (bicyclic) bond motifs is 9. The van der Waals surface area contributed by atoms with Gasteiger partial charge in [0.25, 0.3) is 0 Å². The van der Waals surface area contributed by atoms with Crippen LogP contribution in [-0.4, -0.2) is 9.97 Å². The minimum absolute atomic E-state index is 0.549. The van der Waals surface area contributed by atoms with Crippen LogP contribution in [0.25, 0.3) is 61.6 Å². The Morgan fingerprint density at radius 2 is 0.982 bits per heavy atom. The molecule has 0 saturated heterocycles. The maximum absolute atomic E-state index is 6.76. The van der Waals surface area contributed by atoms with Gasteiger partial charge in [-0.1, -0.05) is 170 Å². The Morgan fingerprint density at radius 1 is 0.411 bits per heavy atom. The van der Waals surface area contributed by atoms with Gasteiger partial charge in [0, 0.05) is 22.3 Å². The molecule has 264 valence electrons. The fourth-order valence-electron chi connectivity index (χ4n) is 9.19. The molecular formula is C53H36N2O. The summed E-state index contributed by atoms with van der Waals surface area (Å²) in [6.07, 6.45) is 8.77. The van der Waals surface area contributed by atoms with Crippen molar-refractivity contribution in [1.82, 2.24) is 9.97 Å². The second-order valence-electron chi connectivity index (χ2n) is 14.7. The smallest absolute Gasteiger partial charge is 0.161 e. The van der Waals surface area contributed by atoms with Crippen LogP contribution in [0.15, 0.2) is 194 Å². The quantitative estimate of drug-likeness (QED) is 0.178. The summed E-state index contributed by atoms with van der Waals surface area (Å²) in [6, 6.07) is 62.8. The van der Waals surface area contributed by atoms with E-state index < -0.39 is 5.41 Å². The number of ether oxygens (including phenoxy) is 1. The van der Waals surface area contributed by atoms with Gasteiger partial charge in [-0.15, -0.1) is 0 Å². The summed E-state index contributed by atoms with van der Waals surface area (Å²) in [5.74, 6) is 2.45. The zero-order valence-corrected chi connectivity index (χ0v) is 30.7. The van der Waals surface area contributed by atoms with Crippen LogP contribution in [0, 0.1) is 0 Å². The van der Waals surface area contributed by atoms with E-state index >= 15 is 0 Å². The highest BCUT2D eigenvalue weighted by atomic mass is 16.5. The Labute approximate surface area is 327 Å². The lowest BCUT2D eigenvalue weighted by atomic mass is 9.65. The van der Waals surface area contributed by atoms with Gasteiger partial charge in [-0.25, -0.2) is 9.97 Å². The van der Waals surface area contributed by atoms with Gasteiger partial charge < -0.3 is 4.74 Å². The minimum Gasteiger partial charge on any atom is -0.457 e.